The van der Waals surface area contributed by atoms with Crippen molar-refractivity contribution in [2.45, 2.75) is 97.4 Å². The summed E-state index contributed by atoms with van der Waals surface area (Å²) in [6.07, 6.45) is 5.85. The molecular formula is C29H49N5O5. The Balaban J connectivity index is 0.000000700. The van der Waals surface area contributed by atoms with Crippen LogP contribution in [0.25, 0.3) is 0 Å². The van der Waals surface area contributed by atoms with Crippen LogP contribution in [0.2, 0.25) is 0 Å². The Hall–Kier alpha value is -2.53. The number of piperidine rings is 2. The first-order valence-electron chi connectivity index (χ1n) is 14.6. The lowest BCUT2D eigenvalue weighted by Gasteiger charge is -2.41. The van der Waals surface area contributed by atoms with Gasteiger partial charge in [-0.2, -0.15) is 0 Å². The van der Waals surface area contributed by atoms with Gasteiger partial charge in [0.1, 0.15) is 18.4 Å². The minimum absolute atomic E-state index is 0.117. The highest BCUT2D eigenvalue weighted by atomic mass is 16.5. The molecular weight excluding hydrogens is 498 g/mol. The Morgan fingerprint density at radius 1 is 1.10 bits per heavy atom. The number of ether oxygens (including phenoxy) is 1. The summed E-state index contributed by atoms with van der Waals surface area (Å²) in [6.45, 7) is 11.1. The zero-order valence-electron chi connectivity index (χ0n) is 24.4. The van der Waals surface area contributed by atoms with Gasteiger partial charge < -0.3 is 14.7 Å². The molecule has 1 aliphatic carbocycles. The van der Waals surface area contributed by atoms with Gasteiger partial charge in [-0.05, 0) is 75.4 Å². The average molecular weight is 548 g/mol. The van der Waals surface area contributed by atoms with Crippen molar-refractivity contribution in [3.8, 4) is 5.75 Å². The fraction of sp³-hybridized carbons (Fsp3) is 0.690. The van der Waals surface area contributed by atoms with Gasteiger partial charge in [0.25, 0.3) is 5.91 Å². The first kappa shape index (κ1) is 32.7. The van der Waals surface area contributed by atoms with Crippen LogP contribution < -0.4 is 21.3 Å². The summed E-state index contributed by atoms with van der Waals surface area (Å²) in [5.74, 6) is 5.09. The fourth-order valence-corrected chi connectivity index (χ4v) is 5.50. The smallest absolute Gasteiger partial charge is 0.255 e. The van der Waals surface area contributed by atoms with Crippen molar-refractivity contribution in [2.24, 2.45) is 11.8 Å². The van der Waals surface area contributed by atoms with Crippen molar-refractivity contribution in [3.63, 3.8) is 0 Å². The molecule has 2 unspecified atom stereocenters. The lowest BCUT2D eigenvalue weighted by atomic mass is 9.81. The van der Waals surface area contributed by atoms with Gasteiger partial charge in [0, 0.05) is 31.1 Å². The van der Waals surface area contributed by atoms with Crippen molar-refractivity contribution in [2.75, 3.05) is 26.7 Å². The molecule has 5 N–H and O–H groups in total. The van der Waals surface area contributed by atoms with Gasteiger partial charge in [-0.15, -0.1) is 0 Å². The van der Waals surface area contributed by atoms with Crippen molar-refractivity contribution in [1.82, 2.24) is 20.5 Å². The number of fused-ring (bicyclic) bond motifs is 1. The highest BCUT2D eigenvalue weighted by Crippen LogP contribution is 2.32. The van der Waals surface area contributed by atoms with Crippen molar-refractivity contribution in [3.05, 3.63) is 29.3 Å². The zero-order chi connectivity index (χ0) is 28.9. The molecule has 10 heteroatoms. The number of hydrazine groups is 1. The Kier molecular flexibility index (Phi) is 13.9. The molecule has 4 aliphatic rings. The number of hydrogen-bond acceptors (Lipinski definition) is 8. The minimum Gasteiger partial charge on any atom is -0.492 e. The van der Waals surface area contributed by atoms with Crippen LogP contribution in [-0.2, 0) is 16.1 Å². The predicted molar refractivity (Wildman–Crippen MR) is 152 cm³/mol. The number of hydrogen-bond donors (Lipinski definition) is 4. The summed E-state index contributed by atoms with van der Waals surface area (Å²) < 4.78 is 6.16. The molecule has 3 fully saturated rings. The molecule has 1 aromatic rings. The maximum Gasteiger partial charge on any atom is 0.255 e. The number of nitrogens with zero attached hydrogens (tertiary/aromatic N) is 2. The van der Waals surface area contributed by atoms with Gasteiger partial charge in [-0.3, -0.25) is 35.9 Å². The second-order valence-electron chi connectivity index (χ2n) is 9.95. The molecule has 10 nitrogen and oxygen atoms in total. The van der Waals surface area contributed by atoms with Crippen LogP contribution in [0.15, 0.2) is 18.2 Å². The summed E-state index contributed by atoms with van der Waals surface area (Å²) in [4.78, 5) is 40.6. The van der Waals surface area contributed by atoms with Crippen LogP contribution >= 0.6 is 0 Å². The highest BCUT2D eigenvalue weighted by Gasteiger charge is 2.39. The van der Waals surface area contributed by atoms with E-state index in [2.05, 4.69) is 21.5 Å². The number of carbonyl (C=O) groups excluding carboxylic acids is 3. The van der Waals surface area contributed by atoms with Crippen LogP contribution in [0, 0.1) is 5.92 Å². The van der Waals surface area contributed by atoms with E-state index in [0.717, 1.165) is 43.7 Å². The zero-order valence-corrected chi connectivity index (χ0v) is 24.4. The fourth-order valence-electron chi connectivity index (χ4n) is 5.50. The Morgan fingerprint density at radius 2 is 1.79 bits per heavy atom. The Morgan fingerprint density at radius 3 is 2.44 bits per heavy atom. The largest absolute Gasteiger partial charge is 0.492 e. The second kappa shape index (κ2) is 16.5. The van der Waals surface area contributed by atoms with E-state index >= 15 is 0 Å². The monoisotopic (exact) mass is 547 g/mol. The minimum atomic E-state index is -0.599. The quantitative estimate of drug-likeness (QED) is 0.242. The number of likely N-dealkylation sites (tertiary alicyclic amines) is 1. The third-order valence-electron chi connectivity index (χ3n) is 7.39. The van der Waals surface area contributed by atoms with Crippen LogP contribution in [0.4, 0.5) is 0 Å². The molecule has 5 rings (SSSR count). The second-order valence-corrected chi connectivity index (χ2v) is 9.95. The van der Waals surface area contributed by atoms with Crippen LogP contribution in [0.5, 0.6) is 5.75 Å². The first-order chi connectivity index (χ1) is 18.9. The molecule has 0 bridgehead atoms. The van der Waals surface area contributed by atoms with Gasteiger partial charge in [-0.25, -0.2) is 0 Å². The van der Waals surface area contributed by atoms with E-state index in [9.17, 15) is 19.5 Å². The normalized spacial score (nSPS) is 25.9. The molecule has 2 saturated heterocycles. The van der Waals surface area contributed by atoms with Gasteiger partial charge in [0.05, 0.1) is 6.10 Å². The number of aliphatic hydroxyl groups is 1. The van der Waals surface area contributed by atoms with E-state index in [0.29, 0.717) is 37.1 Å². The molecule has 39 heavy (non-hydrogen) atoms. The summed E-state index contributed by atoms with van der Waals surface area (Å²) in [7, 11) is 1.65. The Bertz CT molecular complexity index is 937. The van der Waals surface area contributed by atoms with Gasteiger partial charge >= 0.3 is 0 Å². The summed E-state index contributed by atoms with van der Waals surface area (Å²) >= 11 is 0. The number of imide groups is 1. The molecule has 0 aromatic heterocycles. The maximum absolute atomic E-state index is 12.8. The molecule has 3 aliphatic heterocycles. The highest BCUT2D eigenvalue weighted by molar-refractivity contribution is 6.05. The van der Waals surface area contributed by atoms with Crippen molar-refractivity contribution in [1.29, 1.82) is 0 Å². The predicted octanol–water partition coefficient (Wildman–Crippen LogP) is 2.58. The summed E-state index contributed by atoms with van der Waals surface area (Å²) in [5, 5.41) is 11.9. The summed E-state index contributed by atoms with van der Waals surface area (Å²) in [6, 6.07) is 5.30. The number of benzene rings is 1. The SMILES string of the molecule is CC.CC.CNN.O=C1CCC(N2Cc3cc(OCC4CCCCN4CC4CC(O)C4)ccc3C2=O)C(=O)N1. The van der Waals surface area contributed by atoms with Crippen molar-refractivity contribution < 1.29 is 24.2 Å². The number of amides is 3. The van der Waals surface area contributed by atoms with E-state index in [-0.39, 0.29) is 24.3 Å². The molecule has 220 valence electrons. The summed E-state index contributed by atoms with van der Waals surface area (Å²) in [5.41, 5.74) is 3.71. The van der Waals surface area contributed by atoms with Crippen molar-refractivity contribution >= 4 is 17.7 Å². The molecule has 2 atom stereocenters. The molecule has 3 heterocycles. The number of nitrogens with two attached hydrogens (primary N) is 1. The third kappa shape index (κ3) is 8.73. The average Bonchev–Trinajstić information content (AvgIpc) is 3.25. The number of rotatable bonds is 6. The number of aliphatic hydroxyl groups excluding tert-OH is 1. The molecule has 0 radical (unpaired) electrons. The lowest BCUT2D eigenvalue weighted by Crippen LogP contribution is -2.52. The molecule has 3 amide bonds. The lowest BCUT2D eigenvalue weighted by molar-refractivity contribution is -0.136. The topological polar surface area (TPSA) is 137 Å². The molecule has 0 spiro atoms. The van der Waals surface area contributed by atoms with E-state index in [1.807, 2.05) is 39.8 Å². The van der Waals surface area contributed by atoms with E-state index < -0.39 is 11.9 Å². The van der Waals surface area contributed by atoms with Crippen LogP contribution in [0.3, 0.4) is 0 Å². The van der Waals surface area contributed by atoms with Crippen LogP contribution in [0.1, 0.15) is 88.6 Å². The van der Waals surface area contributed by atoms with E-state index in [4.69, 9.17) is 4.74 Å². The molecule has 1 aromatic carbocycles. The maximum atomic E-state index is 12.8. The van der Waals surface area contributed by atoms with E-state index in [1.165, 1.54) is 12.8 Å². The van der Waals surface area contributed by atoms with Gasteiger partial charge in [-0.1, -0.05) is 34.1 Å². The van der Waals surface area contributed by atoms with E-state index in [1.54, 1.807) is 18.0 Å². The Labute approximate surface area is 233 Å². The van der Waals surface area contributed by atoms with Gasteiger partial charge in [0.2, 0.25) is 11.8 Å². The third-order valence-corrected chi connectivity index (χ3v) is 7.39. The first-order valence-corrected chi connectivity index (χ1v) is 14.6. The van der Waals surface area contributed by atoms with Crippen LogP contribution in [-0.4, -0.2) is 77.6 Å². The number of carbonyl (C=O) groups is 3. The number of nitrogens with one attached hydrogen (secondary N) is 2. The van der Waals surface area contributed by atoms with Gasteiger partial charge in [0.15, 0.2) is 0 Å². The molecule has 1 saturated carbocycles. The standard InChI is InChI=1S/C24H31N3O5.2C2H6.CH6N2/c28-18-9-15(10-18)12-26-8-2-1-3-17(26)14-32-19-4-5-20-16(11-19)13-27(24(20)31)21-6-7-22(29)25-23(21)30;2*1-2;1-3-2/h4-5,11,15,17-18,21,28H,1-3,6-10,12-14H2,(H,25,29,30);2*1-2H3;3H,2H2,1H3.